The maximum atomic E-state index is 12.9. The Morgan fingerprint density at radius 1 is 1.14 bits per heavy atom. The largest absolute Gasteiger partial charge is 0.351 e. The Balaban J connectivity index is 1.53. The number of nitrogens with one attached hydrogen (secondary N) is 1. The number of piperidine rings is 1. The molecule has 1 aliphatic rings. The predicted molar refractivity (Wildman–Crippen MR) is 115 cm³/mol. The number of hydrogen-bond donors (Lipinski definition) is 1. The number of nitrogens with zero attached hydrogens (tertiary/aromatic N) is 2. The van der Waals surface area contributed by atoms with E-state index >= 15 is 0 Å². The molecular formula is C24H31N3O2. The summed E-state index contributed by atoms with van der Waals surface area (Å²) in [4.78, 5) is 31.2. The Kier molecular flexibility index (Phi) is 7.39. The summed E-state index contributed by atoms with van der Waals surface area (Å²) in [5, 5.41) is 2.88. The van der Waals surface area contributed by atoms with Crippen LogP contribution in [-0.2, 0) is 6.42 Å². The van der Waals surface area contributed by atoms with Gasteiger partial charge in [-0.1, -0.05) is 44.2 Å². The van der Waals surface area contributed by atoms with Gasteiger partial charge in [0.15, 0.2) is 0 Å². The lowest BCUT2D eigenvalue weighted by Gasteiger charge is -2.32. The molecule has 0 unspecified atom stereocenters. The van der Waals surface area contributed by atoms with Gasteiger partial charge in [-0.2, -0.15) is 0 Å². The molecule has 2 aromatic rings. The van der Waals surface area contributed by atoms with Gasteiger partial charge in [-0.15, -0.1) is 0 Å². The summed E-state index contributed by atoms with van der Waals surface area (Å²) in [5.41, 5.74) is 2.20. The molecule has 1 aliphatic heterocycles. The van der Waals surface area contributed by atoms with Crippen LogP contribution in [0.5, 0.6) is 0 Å². The normalized spacial score (nSPS) is 14.8. The number of likely N-dealkylation sites (tertiary alicyclic amines) is 1. The molecule has 3 rings (SSSR count). The van der Waals surface area contributed by atoms with Crippen molar-refractivity contribution in [1.29, 1.82) is 0 Å². The molecule has 1 N–H and O–H groups in total. The third-order valence-electron chi connectivity index (χ3n) is 5.52. The fraction of sp³-hybridized carbons (Fsp3) is 0.458. The molecule has 0 saturated carbocycles. The summed E-state index contributed by atoms with van der Waals surface area (Å²) in [6.45, 7) is 6.37. The highest BCUT2D eigenvalue weighted by Gasteiger charge is 2.24. The van der Waals surface area contributed by atoms with Gasteiger partial charge in [0.25, 0.3) is 11.8 Å². The highest BCUT2D eigenvalue weighted by Crippen LogP contribution is 2.23. The molecule has 5 heteroatoms. The van der Waals surface area contributed by atoms with Crippen molar-refractivity contribution in [1.82, 2.24) is 15.2 Å². The molecule has 0 bridgehead atoms. The molecule has 0 spiro atoms. The summed E-state index contributed by atoms with van der Waals surface area (Å²) in [7, 11) is 0. The van der Waals surface area contributed by atoms with Crippen LogP contribution >= 0.6 is 0 Å². The average Bonchev–Trinajstić information content (AvgIpc) is 2.74. The average molecular weight is 394 g/mol. The van der Waals surface area contributed by atoms with Crippen LogP contribution in [0.4, 0.5) is 0 Å². The van der Waals surface area contributed by atoms with Gasteiger partial charge in [-0.25, -0.2) is 0 Å². The first-order valence-electron chi connectivity index (χ1n) is 10.6. The lowest BCUT2D eigenvalue weighted by Crippen LogP contribution is -2.39. The van der Waals surface area contributed by atoms with Crippen molar-refractivity contribution < 1.29 is 9.59 Å². The van der Waals surface area contributed by atoms with Gasteiger partial charge >= 0.3 is 0 Å². The monoisotopic (exact) mass is 393 g/mol. The molecule has 154 valence electrons. The van der Waals surface area contributed by atoms with Crippen LogP contribution in [0, 0.1) is 11.8 Å². The first kappa shape index (κ1) is 21.0. The smallest absolute Gasteiger partial charge is 0.269 e. The fourth-order valence-corrected chi connectivity index (χ4v) is 3.72. The summed E-state index contributed by atoms with van der Waals surface area (Å²) in [6.07, 6.45) is 5.55. The minimum Gasteiger partial charge on any atom is -0.351 e. The number of hydrogen-bond acceptors (Lipinski definition) is 3. The Morgan fingerprint density at radius 2 is 1.86 bits per heavy atom. The van der Waals surface area contributed by atoms with Crippen LogP contribution in [0.3, 0.4) is 0 Å². The second-order valence-electron chi connectivity index (χ2n) is 8.29. The number of benzene rings is 1. The van der Waals surface area contributed by atoms with Crippen LogP contribution in [0.15, 0.2) is 48.7 Å². The number of carbonyl (C=O) groups is 2. The maximum Gasteiger partial charge on any atom is 0.269 e. The van der Waals surface area contributed by atoms with Crippen LogP contribution < -0.4 is 5.32 Å². The van der Waals surface area contributed by atoms with E-state index in [2.05, 4.69) is 48.4 Å². The van der Waals surface area contributed by atoms with Crippen molar-refractivity contribution in [2.24, 2.45) is 11.8 Å². The number of rotatable bonds is 7. The van der Waals surface area contributed by atoms with Gasteiger partial charge in [-0.3, -0.25) is 14.6 Å². The Morgan fingerprint density at radius 3 is 2.55 bits per heavy atom. The second-order valence-corrected chi connectivity index (χ2v) is 8.29. The fourth-order valence-electron chi connectivity index (χ4n) is 3.72. The Labute approximate surface area is 173 Å². The Hall–Kier alpha value is -2.69. The summed E-state index contributed by atoms with van der Waals surface area (Å²) >= 11 is 0. The quantitative estimate of drug-likeness (QED) is 0.775. The van der Waals surface area contributed by atoms with E-state index in [0.717, 1.165) is 38.8 Å². The molecule has 5 nitrogen and oxygen atoms in total. The molecule has 29 heavy (non-hydrogen) atoms. The van der Waals surface area contributed by atoms with Crippen LogP contribution in [0.2, 0.25) is 0 Å². The molecular weight excluding hydrogens is 362 g/mol. The summed E-state index contributed by atoms with van der Waals surface area (Å²) in [5.74, 6) is 0.908. The van der Waals surface area contributed by atoms with E-state index in [9.17, 15) is 9.59 Å². The lowest BCUT2D eigenvalue weighted by atomic mass is 9.90. The van der Waals surface area contributed by atoms with E-state index in [1.807, 2.05) is 11.0 Å². The number of carbonyl (C=O) groups excluding carboxylic acids is 2. The van der Waals surface area contributed by atoms with E-state index in [0.29, 0.717) is 29.6 Å². The standard InChI is InChI=1S/C24H31N3O2/c1-18(2)8-12-26-23(28)22-17-21(9-13-25-22)24(29)27-14-10-20(11-15-27)16-19-6-4-3-5-7-19/h3-7,9,13,17-18,20H,8,10-12,14-16H2,1-2H3,(H,26,28). The van der Waals surface area contributed by atoms with E-state index in [-0.39, 0.29) is 11.8 Å². The number of aromatic nitrogens is 1. The van der Waals surface area contributed by atoms with E-state index in [1.165, 1.54) is 5.56 Å². The van der Waals surface area contributed by atoms with Crippen LogP contribution in [0.25, 0.3) is 0 Å². The molecule has 1 aromatic carbocycles. The third kappa shape index (κ3) is 6.14. The van der Waals surface area contributed by atoms with Crippen molar-refractivity contribution in [2.75, 3.05) is 19.6 Å². The van der Waals surface area contributed by atoms with Crippen molar-refractivity contribution in [3.63, 3.8) is 0 Å². The summed E-state index contributed by atoms with van der Waals surface area (Å²) in [6, 6.07) is 13.8. The molecule has 1 saturated heterocycles. The third-order valence-corrected chi connectivity index (χ3v) is 5.52. The molecule has 1 fully saturated rings. The van der Waals surface area contributed by atoms with Gasteiger partial charge in [0.05, 0.1) is 0 Å². The van der Waals surface area contributed by atoms with Crippen molar-refractivity contribution in [2.45, 2.75) is 39.5 Å². The van der Waals surface area contributed by atoms with Gasteiger partial charge in [0, 0.05) is 31.4 Å². The first-order chi connectivity index (χ1) is 14.0. The maximum absolute atomic E-state index is 12.9. The van der Waals surface area contributed by atoms with E-state index < -0.39 is 0 Å². The van der Waals surface area contributed by atoms with Crippen molar-refractivity contribution in [3.8, 4) is 0 Å². The van der Waals surface area contributed by atoms with Crippen molar-refractivity contribution >= 4 is 11.8 Å². The van der Waals surface area contributed by atoms with E-state index in [1.54, 1.807) is 18.3 Å². The zero-order chi connectivity index (χ0) is 20.6. The predicted octanol–water partition coefficient (Wildman–Crippen LogP) is 3.95. The molecule has 2 amide bonds. The van der Waals surface area contributed by atoms with Crippen LogP contribution in [-0.4, -0.2) is 41.3 Å². The molecule has 2 heterocycles. The van der Waals surface area contributed by atoms with Crippen molar-refractivity contribution in [3.05, 3.63) is 65.5 Å². The van der Waals surface area contributed by atoms with Gasteiger partial charge in [0.1, 0.15) is 5.69 Å². The minimum atomic E-state index is -0.220. The molecule has 0 atom stereocenters. The summed E-state index contributed by atoms with van der Waals surface area (Å²) < 4.78 is 0. The van der Waals surface area contributed by atoms with E-state index in [4.69, 9.17) is 0 Å². The SMILES string of the molecule is CC(C)CCNC(=O)c1cc(C(=O)N2CCC(Cc3ccccc3)CC2)ccn1. The van der Waals surface area contributed by atoms with Gasteiger partial charge in [-0.05, 0) is 55.2 Å². The molecule has 0 aliphatic carbocycles. The first-order valence-corrected chi connectivity index (χ1v) is 10.6. The molecule has 1 aromatic heterocycles. The minimum absolute atomic E-state index is 0.0122. The number of pyridine rings is 1. The van der Waals surface area contributed by atoms with Gasteiger partial charge in [0.2, 0.25) is 0 Å². The highest BCUT2D eigenvalue weighted by molar-refractivity contribution is 5.98. The zero-order valence-electron chi connectivity index (χ0n) is 17.4. The van der Waals surface area contributed by atoms with Gasteiger partial charge < -0.3 is 10.2 Å². The highest BCUT2D eigenvalue weighted by atomic mass is 16.2. The zero-order valence-corrected chi connectivity index (χ0v) is 17.4. The molecule has 0 radical (unpaired) electrons. The number of amides is 2. The Bertz CT molecular complexity index is 812. The van der Waals surface area contributed by atoms with Crippen LogP contribution in [0.1, 0.15) is 59.5 Å². The lowest BCUT2D eigenvalue weighted by molar-refractivity contribution is 0.0690. The second kappa shape index (κ2) is 10.2. The topological polar surface area (TPSA) is 62.3 Å².